The van der Waals surface area contributed by atoms with Crippen LogP contribution in [0.1, 0.15) is 49.3 Å². The fourth-order valence-electron chi connectivity index (χ4n) is 5.62. The molecule has 5 aromatic rings. The van der Waals surface area contributed by atoms with Crippen molar-refractivity contribution in [3.05, 3.63) is 82.7 Å². The summed E-state index contributed by atoms with van der Waals surface area (Å²) in [7, 11) is 0. The Morgan fingerprint density at radius 3 is 2.25 bits per heavy atom. The number of aromatic nitrogens is 4. The maximum atomic E-state index is 12.7. The topological polar surface area (TPSA) is 98.5 Å². The van der Waals surface area contributed by atoms with Crippen LogP contribution in [0.2, 0.25) is 0 Å². The highest BCUT2D eigenvalue weighted by atomic mass is 16.1. The van der Waals surface area contributed by atoms with Gasteiger partial charge in [-0.2, -0.15) is 0 Å². The lowest BCUT2D eigenvalue weighted by Gasteiger charge is -2.12. The van der Waals surface area contributed by atoms with Gasteiger partial charge in [-0.05, 0) is 73.3 Å². The van der Waals surface area contributed by atoms with E-state index in [1.54, 1.807) is 12.3 Å². The molecule has 2 aliphatic rings. The molecule has 2 fully saturated rings. The Labute approximate surface area is 208 Å². The smallest absolute Gasteiger partial charge is 0.208 e. The molecule has 3 aromatic heterocycles. The molecule has 0 spiro atoms. The van der Waals surface area contributed by atoms with E-state index in [1.807, 2.05) is 12.3 Å². The molecule has 2 aromatic carbocycles. The monoisotopic (exact) mass is 476 g/mol. The largest absolute Gasteiger partial charge is 0.356 e. The zero-order chi connectivity index (χ0) is 24.1. The van der Waals surface area contributed by atoms with Crippen LogP contribution < -0.4 is 16.1 Å². The Hall–Kier alpha value is -3.81. The van der Waals surface area contributed by atoms with Gasteiger partial charge in [-0.25, -0.2) is 9.97 Å². The number of aromatic amines is 2. The van der Waals surface area contributed by atoms with E-state index in [4.69, 9.17) is 0 Å². The number of hydrogen-bond acceptors (Lipinski definition) is 5. The molecule has 2 saturated heterocycles. The number of nitrogens with one attached hydrogen (secondary N) is 4. The van der Waals surface area contributed by atoms with Crippen molar-refractivity contribution in [3.8, 4) is 22.4 Å². The molecule has 5 heterocycles. The van der Waals surface area contributed by atoms with Crippen LogP contribution >= 0.6 is 0 Å². The molecule has 0 bridgehead atoms. The third-order valence-corrected chi connectivity index (χ3v) is 7.59. The summed E-state index contributed by atoms with van der Waals surface area (Å²) in [5.74, 6) is 1.02. The molecule has 36 heavy (non-hydrogen) atoms. The molecule has 2 aliphatic heterocycles. The molecule has 0 radical (unpaired) electrons. The standard InChI is InChI=1S/C29H28N6O/c36-27-14-24(22-3-1-9-30-22)34-25-13-21(15-32-28(25)27)19-6-5-18-12-20(8-7-17(18)11-19)26-16-33-29(35-26)23-4-2-10-31-23/h5-8,11-16,22-23,30-31H,1-4,9-10H2,(H,33,35)(H,34,36)/t22?,23-/m0/s1. The van der Waals surface area contributed by atoms with Crippen LogP contribution in [-0.4, -0.2) is 33.0 Å². The highest BCUT2D eigenvalue weighted by molar-refractivity contribution is 5.91. The van der Waals surface area contributed by atoms with Gasteiger partial charge < -0.3 is 20.6 Å². The maximum absolute atomic E-state index is 12.7. The first-order valence-electron chi connectivity index (χ1n) is 12.8. The lowest BCUT2D eigenvalue weighted by atomic mass is 10.00. The van der Waals surface area contributed by atoms with E-state index in [9.17, 15) is 4.79 Å². The number of rotatable bonds is 4. The third-order valence-electron chi connectivity index (χ3n) is 7.59. The molecule has 0 aliphatic carbocycles. The van der Waals surface area contributed by atoms with Crippen molar-refractivity contribution in [2.24, 2.45) is 0 Å². The van der Waals surface area contributed by atoms with E-state index in [2.05, 4.69) is 67.0 Å². The van der Waals surface area contributed by atoms with Crippen molar-refractivity contribution in [2.75, 3.05) is 13.1 Å². The minimum absolute atomic E-state index is 0.0317. The Bertz CT molecular complexity index is 1640. The second-order valence-electron chi connectivity index (χ2n) is 9.97. The fraction of sp³-hybridized carbons (Fsp3) is 0.276. The van der Waals surface area contributed by atoms with Gasteiger partial charge in [0, 0.05) is 35.1 Å². The Kier molecular flexibility index (Phi) is 5.18. The van der Waals surface area contributed by atoms with Crippen molar-refractivity contribution in [1.29, 1.82) is 0 Å². The first kappa shape index (κ1) is 21.5. The van der Waals surface area contributed by atoms with E-state index < -0.39 is 0 Å². The fourth-order valence-corrected chi connectivity index (χ4v) is 5.62. The molecule has 7 heteroatoms. The molecule has 7 nitrogen and oxygen atoms in total. The number of hydrogen-bond donors (Lipinski definition) is 4. The van der Waals surface area contributed by atoms with Gasteiger partial charge in [0.2, 0.25) is 5.43 Å². The van der Waals surface area contributed by atoms with E-state index >= 15 is 0 Å². The van der Waals surface area contributed by atoms with Gasteiger partial charge in [-0.15, -0.1) is 0 Å². The number of fused-ring (bicyclic) bond motifs is 2. The summed E-state index contributed by atoms with van der Waals surface area (Å²) in [6.07, 6.45) is 8.22. The summed E-state index contributed by atoms with van der Waals surface area (Å²) in [4.78, 5) is 28.8. The number of benzene rings is 2. The minimum Gasteiger partial charge on any atom is -0.356 e. The zero-order valence-electron chi connectivity index (χ0n) is 20.0. The van der Waals surface area contributed by atoms with E-state index in [0.29, 0.717) is 11.6 Å². The lowest BCUT2D eigenvalue weighted by molar-refractivity contribution is 0.613. The molecular formula is C29H28N6O. The van der Waals surface area contributed by atoms with Crippen molar-refractivity contribution < 1.29 is 0 Å². The van der Waals surface area contributed by atoms with Crippen LogP contribution in [0.15, 0.2) is 65.7 Å². The lowest BCUT2D eigenvalue weighted by Crippen LogP contribution is -2.17. The number of pyridine rings is 2. The average Bonchev–Trinajstić information content (AvgIpc) is 3.70. The SMILES string of the molecule is O=c1cc(C2CCCN2)[nH]c2cc(-c3ccc4cc(-c5cnc([C@@H]6CCCN6)[nH]5)ccc4c3)cnc12. The first-order valence-corrected chi connectivity index (χ1v) is 12.8. The second-order valence-corrected chi connectivity index (χ2v) is 9.97. The summed E-state index contributed by atoms with van der Waals surface area (Å²) >= 11 is 0. The zero-order valence-corrected chi connectivity index (χ0v) is 20.0. The van der Waals surface area contributed by atoms with Gasteiger partial charge in [0.05, 0.1) is 23.4 Å². The van der Waals surface area contributed by atoms with Gasteiger partial charge in [0.25, 0.3) is 0 Å². The minimum atomic E-state index is -0.0317. The summed E-state index contributed by atoms with van der Waals surface area (Å²) < 4.78 is 0. The highest BCUT2D eigenvalue weighted by Crippen LogP contribution is 2.30. The van der Waals surface area contributed by atoms with Crippen molar-refractivity contribution >= 4 is 21.8 Å². The van der Waals surface area contributed by atoms with E-state index in [1.165, 1.54) is 11.8 Å². The summed E-state index contributed by atoms with van der Waals surface area (Å²) in [5, 5.41) is 9.29. The van der Waals surface area contributed by atoms with Gasteiger partial charge >= 0.3 is 0 Å². The van der Waals surface area contributed by atoms with Crippen LogP contribution in [0.25, 0.3) is 44.2 Å². The second kappa shape index (κ2) is 8.69. The molecule has 0 amide bonds. The van der Waals surface area contributed by atoms with Crippen LogP contribution in [0, 0.1) is 0 Å². The van der Waals surface area contributed by atoms with E-state index in [-0.39, 0.29) is 11.5 Å². The van der Waals surface area contributed by atoms with Crippen LogP contribution in [0.3, 0.4) is 0 Å². The predicted octanol–water partition coefficient (Wildman–Crippen LogP) is 4.98. The Balaban J connectivity index is 1.21. The quantitative estimate of drug-likeness (QED) is 0.293. The molecule has 180 valence electrons. The molecule has 1 unspecified atom stereocenters. The first-order chi connectivity index (χ1) is 17.7. The van der Waals surface area contributed by atoms with E-state index in [0.717, 1.165) is 77.2 Å². The van der Waals surface area contributed by atoms with Crippen LogP contribution in [0.5, 0.6) is 0 Å². The Morgan fingerprint density at radius 1 is 0.722 bits per heavy atom. The van der Waals surface area contributed by atoms with Gasteiger partial charge in [-0.3, -0.25) is 4.79 Å². The number of H-pyrrole nitrogens is 2. The molecule has 4 N–H and O–H groups in total. The summed E-state index contributed by atoms with van der Waals surface area (Å²) in [6.45, 7) is 2.04. The molecule has 2 atom stereocenters. The van der Waals surface area contributed by atoms with Crippen molar-refractivity contribution in [1.82, 2.24) is 30.6 Å². The van der Waals surface area contributed by atoms with Crippen LogP contribution in [-0.2, 0) is 0 Å². The van der Waals surface area contributed by atoms with Gasteiger partial charge in [0.15, 0.2) is 0 Å². The molecule has 0 saturated carbocycles. The summed E-state index contributed by atoms with van der Waals surface area (Å²) in [5.41, 5.74) is 6.42. The normalized spacial score (nSPS) is 20.0. The van der Waals surface area contributed by atoms with Crippen LogP contribution in [0.4, 0.5) is 0 Å². The highest BCUT2D eigenvalue weighted by Gasteiger charge is 2.20. The van der Waals surface area contributed by atoms with Crippen molar-refractivity contribution in [2.45, 2.75) is 37.8 Å². The average molecular weight is 477 g/mol. The molecule has 7 rings (SSSR count). The third kappa shape index (κ3) is 3.81. The molecular weight excluding hydrogens is 448 g/mol. The maximum Gasteiger partial charge on any atom is 0.208 e. The van der Waals surface area contributed by atoms with Crippen molar-refractivity contribution in [3.63, 3.8) is 0 Å². The number of imidazole rings is 1. The Morgan fingerprint density at radius 2 is 1.47 bits per heavy atom. The predicted molar refractivity (Wildman–Crippen MR) is 143 cm³/mol. The van der Waals surface area contributed by atoms with Gasteiger partial charge in [-0.1, -0.05) is 24.3 Å². The summed E-state index contributed by atoms with van der Waals surface area (Å²) in [6, 6.07) is 17.2. The van der Waals surface area contributed by atoms with Gasteiger partial charge in [0.1, 0.15) is 11.3 Å². The number of nitrogens with zero attached hydrogens (tertiary/aromatic N) is 2.